The molecule has 0 radical (unpaired) electrons. The van der Waals surface area contributed by atoms with E-state index < -0.39 is 0 Å². The van der Waals surface area contributed by atoms with Crippen molar-refractivity contribution in [2.45, 2.75) is 26.7 Å². The highest BCUT2D eigenvalue weighted by molar-refractivity contribution is 9.11. The Morgan fingerprint density at radius 3 is 2.71 bits per heavy atom. The van der Waals surface area contributed by atoms with E-state index in [0.717, 1.165) is 49.9 Å². The number of hydrogen-bond acceptors (Lipinski definition) is 5. The standard InChI is InChI=1S/C15H16BrN3S2/c1-3-7-17-13-10-8-9(4-2)20-15(10)19-14(18-13)11-5-6-12(16)21-11/h5-6,8H,3-4,7H2,1-2H3,(H,17,18,19). The third kappa shape index (κ3) is 3.12. The van der Waals surface area contributed by atoms with Gasteiger partial charge in [-0.1, -0.05) is 13.8 Å². The third-order valence-corrected chi connectivity index (χ3v) is 5.92. The van der Waals surface area contributed by atoms with Gasteiger partial charge in [-0.15, -0.1) is 22.7 Å². The van der Waals surface area contributed by atoms with Crippen molar-refractivity contribution in [3.05, 3.63) is 26.9 Å². The molecule has 0 bridgehead atoms. The fourth-order valence-corrected chi connectivity index (χ4v) is 4.36. The first-order valence-corrected chi connectivity index (χ1v) is 9.44. The molecule has 3 rings (SSSR count). The first kappa shape index (κ1) is 14.9. The monoisotopic (exact) mass is 381 g/mol. The smallest absolute Gasteiger partial charge is 0.173 e. The maximum Gasteiger partial charge on any atom is 0.173 e. The first-order valence-electron chi connectivity index (χ1n) is 7.01. The van der Waals surface area contributed by atoms with Crippen LogP contribution in [0.5, 0.6) is 0 Å². The van der Waals surface area contributed by atoms with Gasteiger partial charge in [-0.25, -0.2) is 9.97 Å². The molecule has 0 fully saturated rings. The summed E-state index contributed by atoms with van der Waals surface area (Å²) in [5, 5.41) is 4.58. The molecule has 3 heterocycles. The number of hydrogen-bond donors (Lipinski definition) is 1. The zero-order chi connectivity index (χ0) is 14.8. The van der Waals surface area contributed by atoms with Gasteiger partial charge in [0.2, 0.25) is 0 Å². The fraction of sp³-hybridized carbons (Fsp3) is 0.333. The van der Waals surface area contributed by atoms with E-state index in [0.29, 0.717) is 0 Å². The van der Waals surface area contributed by atoms with Gasteiger partial charge in [-0.05, 0) is 47.0 Å². The van der Waals surface area contributed by atoms with Gasteiger partial charge in [0, 0.05) is 11.4 Å². The number of nitrogens with zero attached hydrogens (tertiary/aromatic N) is 2. The lowest BCUT2D eigenvalue weighted by molar-refractivity contribution is 0.971. The number of rotatable bonds is 5. The van der Waals surface area contributed by atoms with Gasteiger partial charge in [0.15, 0.2) is 5.82 Å². The van der Waals surface area contributed by atoms with Crippen molar-refractivity contribution in [2.24, 2.45) is 0 Å². The summed E-state index contributed by atoms with van der Waals surface area (Å²) < 4.78 is 1.10. The molecular weight excluding hydrogens is 366 g/mol. The molecule has 0 saturated carbocycles. The average Bonchev–Trinajstić information content (AvgIpc) is 3.10. The molecule has 0 aromatic carbocycles. The SMILES string of the molecule is CCCNc1nc(-c2ccc(Br)s2)nc2sc(CC)cc12. The highest BCUT2D eigenvalue weighted by Gasteiger charge is 2.13. The zero-order valence-electron chi connectivity index (χ0n) is 11.9. The Labute approximate surface area is 140 Å². The van der Waals surface area contributed by atoms with Gasteiger partial charge < -0.3 is 5.32 Å². The van der Waals surface area contributed by atoms with Gasteiger partial charge in [0.25, 0.3) is 0 Å². The van der Waals surface area contributed by atoms with Crippen LogP contribution in [0.3, 0.4) is 0 Å². The molecule has 6 heteroatoms. The summed E-state index contributed by atoms with van der Waals surface area (Å²) in [6.45, 7) is 5.26. The molecule has 0 aliphatic carbocycles. The minimum Gasteiger partial charge on any atom is -0.369 e. The second-order valence-electron chi connectivity index (χ2n) is 4.71. The van der Waals surface area contributed by atoms with E-state index in [1.165, 1.54) is 4.88 Å². The summed E-state index contributed by atoms with van der Waals surface area (Å²) in [7, 11) is 0. The predicted octanol–water partition coefficient (Wildman–Crippen LogP) is 5.57. The van der Waals surface area contributed by atoms with E-state index in [4.69, 9.17) is 9.97 Å². The Morgan fingerprint density at radius 2 is 2.05 bits per heavy atom. The van der Waals surface area contributed by atoms with E-state index in [2.05, 4.69) is 47.2 Å². The summed E-state index contributed by atoms with van der Waals surface area (Å²) in [5.74, 6) is 1.76. The van der Waals surface area contributed by atoms with Crippen molar-refractivity contribution in [3.63, 3.8) is 0 Å². The van der Waals surface area contributed by atoms with E-state index in [-0.39, 0.29) is 0 Å². The Bertz CT molecular complexity index is 763. The van der Waals surface area contributed by atoms with Crippen molar-refractivity contribution in [2.75, 3.05) is 11.9 Å². The second kappa shape index (κ2) is 6.42. The van der Waals surface area contributed by atoms with Crippen molar-refractivity contribution < 1.29 is 0 Å². The average molecular weight is 382 g/mol. The maximum atomic E-state index is 4.75. The lowest BCUT2D eigenvalue weighted by atomic mass is 10.3. The van der Waals surface area contributed by atoms with Crippen molar-refractivity contribution in [1.29, 1.82) is 0 Å². The fourth-order valence-electron chi connectivity index (χ4n) is 2.07. The summed E-state index contributed by atoms with van der Waals surface area (Å²) in [4.78, 5) is 13.0. The molecule has 110 valence electrons. The number of thiophene rings is 2. The van der Waals surface area contributed by atoms with Crippen LogP contribution in [0.25, 0.3) is 20.9 Å². The molecule has 0 spiro atoms. The molecule has 0 saturated heterocycles. The lowest BCUT2D eigenvalue weighted by Crippen LogP contribution is -2.03. The summed E-state index contributed by atoms with van der Waals surface area (Å²) >= 11 is 6.93. The van der Waals surface area contributed by atoms with Gasteiger partial charge in [-0.2, -0.15) is 0 Å². The summed E-state index contributed by atoms with van der Waals surface area (Å²) in [6.07, 6.45) is 2.12. The predicted molar refractivity (Wildman–Crippen MR) is 96.6 cm³/mol. The van der Waals surface area contributed by atoms with Crippen LogP contribution in [-0.2, 0) is 6.42 Å². The number of fused-ring (bicyclic) bond motifs is 1. The topological polar surface area (TPSA) is 37.8 Å². The van der Waals surface area contributed by atoms with Crippen LogP contribution in [-0.4, -0.2) is 16.5 Å². The Hall–Kier alpha value is -0.980. The van der Waals surface area contributed by atoms with E-state index in [9.17, 15) is 0 Å². The van der Waals surface area contributed by atoms with E-state index in [1.54, 1.807) is 22.7 Å². The third-order valence-electron chi connectivity index (χ3n) is 3.13. The van der Waals surface area contributed by atoms with Crippen molar-refractivity contribution in [1.82, 2.24) is 9.97 Å². The highest BCUT2D eigenvalue weighted by Crippen LogP contribution is 2.34. The molecule has 0 atom stereocenters. The molecule has 0 amide bonds. The Balaban J connectivity index is 2.13. The number of anilines is 1. The number of aromatic nitrogens is 2. The maximum absolute atomic E-state index is 4.75. The largest absolute Gasteiger partial charge is 0.369 e. The lowest BCUT2D eigenvalue weighted by Gasteiger charge is -2.06. The molecule has 0 unspecified atom stereocenters. The molecule has 0 aliphatic heterocycles. The van der Waals surface area contributed by atoms with Crippen LogP contribution in [0.2, 0.25) is 0 Å². The molecule has 0 aliphatic rings. The van der Waals surface area contributed by atoms with Gasteiger partial charge >= 0.3 is 0 Å². The summed E-state index contributed by atoms with van der Waals surface area (Å²) in [6, 6.07) is 6.32. The van der Waals surface area contributed by atoms with Gasteiger partial charge in [-0.3, -0.25) is 0 Å². The number of aryl methyl sites for hydroxylation is 1. The highest BCUT2D eigenvalue weighted by atomic mass is 79.9. The Morgan fingerprint density at radius 1 is 1.19 bits per heavy atom. The molecular formula is C15H16BrN3S2. The van der Waals surface area contributed by atoms with Crippen LogP contribution in [0, 0.1) is 0 Å². The number of halogens is 1. The molecule has 3 aromatic rings. The van der Waals surface area contributed by atoms with Crippen LogP contribution >= 0.6 is 38.6 Å². The first-order chi connectivity index (χ1) is 10.2. The molecule has 3 nitrogen and oxygen atoms in total. The zero-order valence-corrected chi connectivity index (χ0v) is 15.2. The van der Waals surface area contributed by atoms with Gasteiger partial charge in [0.05, 0.1) is 14.0 Å². The minimum absolute atomic E-state index is 0.807. The van der Waals surface area contributed by atoms with Crippen LogP contribution < -0.4 is 5.32 Å². The molecule has 1 N–H and O–H groups in total. The molecule has 3 aromatic heterocycles. The molecule has 21 heavy (non-hydrogen) atoms. The normalized spacial score (nSPS) is 11.2. The quantitative estimate of drug-likeness (QED) is 0.627. The van der Waals surface area contributed by atoms with Gasteiger partial charge in [0.1, 0.15) is 10.6 Å². The minimum atomic E-state index is 0.807. The second-order valence-corrected chi connectivity index (χ2v) is 8.29. The van der Waals surface area contributed by atoms with Crippen molar-refractivity contribution in [3.8, 4) is 10.7 Å². The number of nitrogens with one attached hydrogen (secondary N) is 1. The van der Waals surface area contributed by atoms with E-state index in [1.807, 2.05) is 6.07 Å². The Kier molecular flexibility index (Phi) is 4.57. The van der Waals surface area contributed by atoms with Crippen LogP contribution in [0.4, 0.5) is 5.82 Å². The van der Waals surface area contributed by atoms with Crippen LogP contribution in [0.15, 0.2) is 22.0 Å². The summed E-state index contributed by atoms with van der Waals surface area (Å²) in [5.41, 5.74) is 0. The van der Waals surface area contributed by atoms with Crippen molar-refractivity contribution >= 4 is 54.6 Å². The van der Waals surface area contributed by atoms with Crippen LogP contribution in [0.1, 0.15) is 25.1 Å². The van der Waals surface area contributed by atoms with E-state index >= 15 is 0 Å².